The van der Waals surface area contributed by atoms with Gasteiger partial charge in [0.2, 0.25) is 11.8 Å². The SMILES string of the molecule is CO[C@H]1O[C@H](COS(=O)(=O)O)[C@H](O[C@H]2O[C@H](COS(=O)(=O)O)[C@@H](O[C@@H]3O[C@H](C(=O)O)[C@@H](O[C@@H]4O[C@H](COS(=O)(=O)O)[C@@H](OC)[C@H](OC)[C@H]4NC(=O)CCCCCNC(=O)CCCC[C@H]4SC[C@@H]5NC(=O)N[C@@H]54)[C@H](OC)[C@H]3OC)[C@H](OS(=O)(=O)O)[C@H]2OS(=O)(=O)O)[C@H](OS(=O)(=O)O)[C@H]1OS(=O)(=O)O.[Na+].[Na+].[Na+].[Na+].[Na+].[Na+].[Na+].[Na+].[Na+]. The van der Waals surface area contributed by atoms with Crippen LogP contribution >= 0.6 is 11.8 Å². The van der Waals surface area contributed by atoms with Gasteiger partial charge < -0.3 is 83.2 Å². The molecule has 6 aliphatic heterocycles. The first-order chi connectivity index (χ1) is 47.2. The molecule has 0 aromatic rings. The molecular formula is C45H76N4Na9O45S8+9. The Bertz CT molecular complexity index is 3700. The van der Waals surface area contributed by atoms with Crippen molar-refractivity contribution in [1.82, 2.24) is 21.3 Å². The summed E-state index contributed by atoms with van der Waals surface area (Å²) in [5, 5.41) is 22.3. The van der Waals surface area contributed by atoms with Crippen molar-refractivity contribution < 1.29 is 467 Å². The van der Waals surface area contributed by atoms with Crippen LogP contribution in [0.3, 0.4) is 0 Å². The van der Waals surface area contributed by atoms with Crippen LogP contribution in [0.15, 0.2) is 0 Å². The molecule has 111 heavy (non-hydrogen) atoms. The van der Waals surface area contributed by atoms with Gasteiger partial charge >= 0.3 is 351 Å². The first-order valence-electron chi connectivity index (χ1n) is 29.4. The summed E-state index contributed by atoms with van der Waals surface area (Å²) in [6.07, 6.45) is -44.9. The summed E-state index contributed by atoms with van der Waals surface area (Å²) >= 11 is 1.75. The van der Waals surface area contributed by atoms with Crippen molar-refractivity contribution in [1.29, 1.82) is 0 Å². The summed E-state index contributed by atoms with van der Waals surface area (Å²) in [5.74, 6) is -2.28. The molecule has 0 aliphatic carbocycles. The minimum Gasteiger partial charge on any atom is -0.479 e. The number of carbonyl (C=O) groups excluding carboxylic acids is 3. The van der Waals surface area contributed by atoms with Crippen molar-refractivity contribution in [3.05, 3.63) is 0 Å². The van der Waals surface area contributed by atoms with Crippen molar-refractivity contribution in [3.8, 4) is 0 Å². The first kappa shape index (κ1) is 123. The molecule has 12 N–H and O–H groups in total. The summed E-state index contributed by atoms with van der Waals surface area (Å²) in [6.45, 7) is -4.46. The number of rotatable bonds is 41. The third-order valence-corrected chi connectivity index (χ3v) is 20.3. The molecule has 66 heteroatoms. The van der Waals surface area contributed by atoms with Crippen molar-refractivity contribution in [3.63, 3.8) is 0 Å². The number of hydrogen-bond acceptors (Lipinski definition) is 38. The number of unbranched alkanes of at least 4 members (excludes halogenated alkanes) is 3. The van der Waals surface area contributed by atoms with Crippen LogP contribution in [-0.4, -0.2) is 327 Å². The van der Waals surface area contributed by atoms with E-state index in [1.165, 1.54) is 0 Å². The molecule has 6 saturated heterocycles. The predicted octanol–water partition coefficient (Wildman–Crippen LogP) is -33.0. The average Bonchev–Trinajstić information content (AvgIpc) is 1.66. The van der Waals surface area contributed by atoms with Gasteiger partial charge in [0.05, 0.1) is 31.9 Å². The Balaban J connectivity index is -0.00000636. The van der Waals surface area contributed by atoms with E-state index >= 15 is 0 Å². The molecule has 0 radical (unpaired) electrons. The van der Waals surface area contributed by atoms with E-state index in [0.717, 1.165) is 47.0 Å². The van der Waals surface area contributed by atoms with E-state index in [1.54, 1.807) is 11.8 Å². The van der Waals surface area contributed by atoms with Crippen LogP contribution in [0.5, 0.6) is 0 Å². The smallest absolute Gasteiger partial charge is 0.479 e. The third kappa shape index (κ3) is 41.1. The number of aliphatic carboxylic acids is 1. The van der Waals surface area contributed by atoms with E-state index in [0.29, 0.717) is 26.4 Å². The van der Waals surface area contributed by atoms with Gasteiger partial charge in [0.25, 0.3) is 0 Å². The second-order valence-corrected chi connectivity index (χ2v) is 31.2. The van der Waals surface area contributed by atoms with Crippen LogP contribution in [0.1, 0.15) is 51.4 Å². The van der Waals surface area contributed by atoms with E-state index in [9.17, 15) is 115 Å². The van der Waals surface area contributed by atoms with Gasteiger partial charge in [0, 0.05) is 65.9 Å². The summed E-state index contributed by atoms with van der Waals surface area (Å²) in [5.41, 5.74) is 0. The number of thioether (sulfide) groups is 1. The van der Waals surface area contributed by atoms with E-state index < -0.39 is 227 Å². The number of fused-ring (bicyclic) bond motifs is 1. The minimum absolute atomic E-state index is 0. The van der Waals surface area contributed by atoms with Crippen LogP contribution in [0, 0.1) is 0 Å². The number of carboxylic acid groups (broad SMARTS) is 1. The zero-order valence-electron chi connectivity index (χ0n) is 62.4. The molecule has 6 aliphatic rings. The molecule has 0 aromatic carbocycles. The Labute approximate surface area is 842 Å². The van der Waals surface area contributed by atoms with Gasteiger partial charge in [-0.25, -0.2) is 38.9 Å². The quantitative estimate of drug-likeness (QED) is 0.0117. The number of ether oxygens (including phenoxy) is 12. The number of carbonyl (C=O) groups is 4. The summed E-state index contributed by atoms with van der Waals surface area (Å²) in [4.78, 5) is 51.7. The van der Waals surface area contributed by atoms with E-state index in [1.807, 2.05) is 0 Å². The Hall–Kier alpha value is 5.64. The van der Waals surface area contributed by atoms with E-state index in [4.69, 9.17) is 61.0 Å². The van der Waals surface area contributed by atoms with Gasteiger partial charge in [-0.15, -0.1) is 0 Å². The molecule has 23 atom stereocenters. The minimum atomic E-state index is -6.28. The summed E-state index contributed by atoms with van der Waals surface area (Å²) < 4.78 is 340. The van der Waals surface area contributed by atoms with E-state index in [-0.39, 0.29) is 321 Å². The number of methoxy groups -OCH3 is 5. The normalized spacial score (nSPS) is 31.5. The molecule has 0 unspecified atom stereocenters. The number of carboxylic acids is 1. The Morgan fingerprint density at radius 3 is 1.26 bits per heavy atom. The molecule has 0 saturated carbocycles. The van der Waals surface area contributed by atoms with Crippen molar-refractivity contribution >= 4 is 108 Å². The molecule has 4 amide bonds. The first-order valence-corrected chi connectivity index (χ1v) is 40.0. The van der Waals surface area contributed by atoms with Crippen molar-refractivity contribution in [2.24, 2.45) is 0 Å². The maximum Gasteiger partial charge on any atom is 1.00 e. The summed E-state index contributed by atoms with van der Waals surface area (Å²) in [6, 6.07) is -1.78. The van der Waals surface area contributed by atoms with Gasteiger partial charge in [-0.05, 0) is 25.7 Å². The van der Waals surface area contributed by atoms with Gasteiger partial charge in [0.15, 0.2) is 43.5 Å². The maximum atomic E-state index is 13.9. The number of hydrogen-bond donors (Lipinski definition) is 12. The zero-order chi connectivity index (χ0) is 76.3. The number of nitrogens with one attached hydrogen (secondary N) is 4. The largest absolute Gasteiger partial charge is 1.00 e. The molecule has 594 valence electrons. The number of amides is 4. The second kappa shape index (κ2) is 55.4. The molecule has 49 nitrogen and oxygen atoms in total. The standard InChI is InChI=1S/C45H76N4O45S8.9Na/c1-76-28-20(15-81-96(55,56)57)84-41(27(31(28)77-2)48-25(51)13-7-6-10-14-46-24(50)12-9-8-11-23-26-19(18-95-23)47-45(54)49-26)89-33-32(78-3)37(79-4)43(90-36(33)40(52)53)87-30-22(17-83-98(61,62)63)86-44(39(94-102(73,74)75)35(30)92-100(67,68)69)88-29-21(16-82-97(58,59)60)85-42(80-5)38(93-101(70,71)72)34(29)91-99(64,65)66;;;;;;;;;/h19-23,26-39,41-44H,6-18H2,1-5H3,(H,46,50)(H,48,51)(H,52,53)(H2,47,49,54)(H,55,56,57)(H,58,59,60)(H,61,62,63)(H,64,65,66)(H,67,68,69)(H,70,71,72)(H,73,74,75);;;;;;;;;/q;9*+1/t19-,20+,21+,22+,23+,26-,27+,28+,29-,30+,31+,32-,33-,34-,35-,36-,37+,38+,39+,41-,42-,43+,44+;;;;;;;;;/m0........./s1. The molecule has 6 fully saturated rings. The molecule has 0 aromatic heterocycles. The Kier molecular flexibility index (Phi) is 61.3. The van der Waals surface area contributed by atoms with Gasteiger partial charge in [-0.1, -0.05) is 12.8 Å². The van der Waals surface area contributed by atoms with Crippen molar-refractivity contribution in [2.45, 2.75) is 191 Å². The monoisotopic (exact) mass is 1860 g/mol. The average molecular weight is 1860 g/mol. The van der Waals surface area contributed by atoms with E-state index in [2.05, 4.69) is 46.4 Å². The fraction of sp³-hybridized carbons (Fsp3) is 0.911. The number of urea groups is 1. The Morgan fingerprint density at radius 1 is 0.432 bits per heavy atom. The van der Waals surface area contributed by atoms with Crippen LogP contribution in [0.2, 0.25) is 0 Å². The fourth-order valence-corrected chi connectivity index (χ4v) is 16.1. The maximum absolute atomic E-state index is 13.9. The molecule has 6 rings (SSSR count). The van der Waals surface area contributed by atoms with Crippen LogP contribution < -0.4 is 287 Å². The van der Waals surface area contributed by atoms with Gasteiger partial charge in [0.1, 0.15) is 79.3 Å². The van der Waals surface area contributed by atoms with Gasteiger partial charge in [-0.2, -0.15) is 70.7 Å². The second-order valence-electron chi connectivity index (χ2n) is 22.4. The molecule has 6 heterocycles. The van der Waals surface area contributed by atoms with Crippen LogP contribution in [-0.2, 0) is 173 Å². The topological polar surface area (TPSA) is 693 Å². The summed E-state index contributed by atoms with van der Waals surface area (Å²) in [7, 11) is -37.0. The Morgan fingerprint density at radius 2 is 0.829 bits per heavy atom. The zero-order valence-corrected chi connectivity index (χ0v) is 87.0. The van der Waals surface area contributed by atoms with Crippen LogP contribution in [0.25, 0.3) is 0 Å². The third-order valence-electron chi connectivity index (χ3n) is 15.6. The predicted molar refractivity (Wildman–Crippen MR) is 323 cm³/mol. The van der Waals surface area contributed by atoms with Crippen molar-refractivity contribution in [2.75, 3.05) is 67.7 Å². The molecule has 0 bridgehead atoms. The van der Waals surface area contributed by atoms with Gasteiger partial charge in [-0.3, -0.25) is 41.5 Å². The fourth-order valence-electron chi connectivity index (χ4n) is 11.7. The molecular weight excluding hydrogens is 1780 g/mol. The molecule has 0 spiro atoms. The van der Waals surface area contributed by atoms with Crippen LogP contribution in [0.4, 0.5) is 4.79 Å².